The van der Waals surface area contributed by atoms with Crippen molar-refractivity contribution in [2.24, 2.45) is 0 Å². The summed E-state index contributed by atoms with van der Waals surface area (Å²) in [4.78, 5) is 0. The van der Waals surface area contributed by atoms with Gasteiger partial charge in [-0.25, -0.2) is 0 Å². The molecule has 0 aromatic heterocycles. The smallest absolute Gasteiger partial charge is 0.0784 e. The van der Waals surface area contributed by atoms with Gasteiger partial charge in [0.25, 0.3) is 0 Å². The summed E-state index contributed by atoms with van der Waals surface area (Å²) < 4.78 is 0. The van der Waals surface area contributed by atoms with Gasteiger partial charge in [0, 0.05) is 19.0 Å². The zero-order valence-electron chi connectivity index (χ0n) is 10.4. The number of rotatable bonds is 5. The molecule has 1 aromatic carbocycles. The summed E-state index contributed by atoms with van der Waals surface area (Å²) in [7, 11) is 0. The summed E-state index contributed by atoms with van der Waals surface area (Å²) in [5, 5.41) is 14.5. The van der Waals surface area contributed by atoms with Crippen molar-refractivity contribution in [2.75, 3.05) is 6.54 Å². The van der Waals surface area contributed by atoms with E-state index in [1.807, 2.05) is 26.0 Å². The number of hydrogen-bond donors (Lipinski definition) is 2. The Morgan fingerprint density at radius 1 is 1.35 bits per heavy atom. The third-order valence-corrected chi connectivity index (χ3v) is 3.35. The van der Waals surface area contributed by atoms with Gasteiger partial charge in [-0.05, 0) is 18.6 Å². The standard InChI is InChI=1S/C13H19Cl2NO/c1-9(2)16-8-13(3,17)7-10-5-4-6-11(14)12(10)15/h4-6,9,16-17H,7-8H2,1-3H3. The summed E-state index contributed by atoms with van der Waals surface area (Å²) in [6.07, 6.45) is 0.478. The first-order valence-electron chi connectivity index (χ1n) is 5.70. The lowest BCUT2D eigenvalue weighted by atomic mass is 9.96. The van der Waals surface area contributed by atoms with Crippen molar-refractivity contribution in [1.29, 1.82) is 0 Å². The van der Waals surface area contributed by atoms with E-state index in [2.05, 4.69) is 5.32 Å². The van der Waals surface area contributed by atoms with Gasteiger partial charge in [-0.2, -0.15) is 0 Å². The third kappa shape index (κ3) is 4.84. The molecule has 0 heterocycles. The first-order chi connectivity index (χ1) is 7.82. The van der Waals surface area contributed by atoms with Crippen LogP contribution >= 0.6 is 23.2 Å². The molecule has 1 rings (SSSR count). The quantitative estimate of drug-likeness (QED) is 0.865. The molecule has 0 aliphatic carbocycles. The lowest BCUT2D eigenvalue weighted by Gasteiger charge is -2.25. The average Bonchev–Trinajstić information content (AvgIpc) is 2.22. The van der Waals surface area contributed by atoms with Gasteiger partial charge in [-0.15, -0.1) is 0 Å². The summed E-state index contributed by atoms with van der Waals surface area (Å²) in [5.41, 5.74) is 0.0354. The topological polar surface area (TPSA) is 32.3 Å². The molecule has 2 N–H and O–H groups in total. The van der Waals surface area contributed by atoms with Crippen LogP contribution in [0.1, 0.15) is 26.3 Å². The summed E-state index contributed by atoms with van der Waals surface area (Å²) in [6.45, 7) is 6.40. The number of nitrogens with one attached hydrogen (secondary N) is 1. The molecule has 0 fully saturated rings. The van der Waals surface area contributed by atoms with Crippen molar-refractivity contribution in [2.45, 2.75) is 38.8 Å². The zero-order chi connectivity index (χ0) is 13.1. The Balaban J connectivity index is 2.72. The Kier molecular flexibility index (Phi) is 5.26. The molecular weight excluding hydrogens is 257 g/mol. The normalized spacial score (nSPS) is 15.0. The van der Waals surface area contributed by atoms with E-state index >= 15 is 0 Å². The lowest BCUT2D eigenvalue weighted by Crippen LogP contribution is -2.42. The number of halogens is 2. The average molecular weight is 276 g/mol. The van der Waals surface area contributed by atoms with Gasteiger partial charge >= 0.3 is 0 Å². The van der Waals surface area contributed by atoms with E-state index in [1.54, 1.807) is 13.0 Å². The Labute approximate surface area is 113 Å². The van der Waals surface area contributed by atoms with Gasteiger partial charge in [0.1, 0.15) is 0 Å². The van der Waals surface area contributed by atoms with E-state index in [9.17, 15) is 5.11 Å². The molecule has 0 saturated carbocycles. The van der Waals surface area contributed by atoms with Crippen molar-refractivity contribution in [3.63, 3.8) is 0 Å². The van der Waals surface area contributed by atoms with Gasteiger partial charge in [0.2, 0.25) is 0 Å². The van der Waals surface area contributed by atoms with Gasteiger partial charge in [0.05, 0.1) is 15.6 Å². The third-order valence-electron chi connectivity index (χ3n) is 2.49. The van der Waals surface area contributed by atoms with Crippen LogP contribution in [0.2, 0.25) is 10.0 Å². The van der Waals surface area contributed by atoms with Gasteiger partial charge in [-0.3, -0.25) is 0 Å². The Morgan fingerprint density at radius 3 is 2.59 bits per heavy atom. The molecule has 96 valence electrons. The number of hydrogen-bond acceptors (Lipinski definition) is 2. The minimum absolute atomic E-state index is 0.344. The van der Waals surface area contributed by atoms with E-state index in [1.165, 1.54) is 0 Å². The highest BCUT2D eigenvalue weighted by Gasteiger charge is 2.22. The molecule has 0 amide bonds. The fourth-order valence-electron chi connectivity index (χ4n) is 1.58. The summed E-state index contributed by atoms with van der Waals surface area (Å²) in [5.74, 6) is 0. The van der Waals surface area contributed by atoms with Crippen molar-refractivity contribution in [3.05, 3.63) is 33.8 Å². The minimum atomic E-state index is -0.835. The van der Waals surface area contributed by atoms with Crippen LogP contribution in [0, 0.1) is 0 Å². The van der Waals surface area contributed by atoms with E-state index in [0.717, 1.165) is 5.56 Å². The predicted octanol–water partition coefficient (Wildman–Crippen LogP) is 3.28. The second-order valence-electron chi connectivity index (χ2n) is 4.92. The SMILES string of the molecule is CC(C)NCC(C)(O)Cc1cccc(Cl)c1Cl. The number of aliphatic hydroxyl groups is 1. The largest absolute Gasteiger partial charge is 0.389 e. The van der Waals surface area contributed by atoms with E-state index in [0.29, 0.717) is 29.1 Å². The molecule has 0 spiro atoms. The predicted molar refractivity (Wildman–Crippen MR) is 73.9 cm³/mol. The van der Waals surface area contributed by atoms with Crippen LogP contribution in [0.3, 0.4) is 0 Å². The molecular formula is C13H19Cl2NO. The van der Waals surface area contributed by atoms with Crippen LogP contribution < -0.4 is 5.32 Å². The van der Waals surface area contributed by atoms with Crippen LogP contribution in [0.4, 0.5) is 0 Å². The Bertz CT molecular complexity index is 378. The lowest BCUT2D eigenvalue weighted by molar-refractivity contribution is 0.0582. The van der Waals surface area contributed by atoms with E-state index in [-0.39, 0.29) is 0 Å². The molecule has 1 aromatic rings. The van der Waals surface area contributed by atoms with E-state index < -0.39 is 5.60 Å². The van der Waals surface area contributed by atoms with Gasteiger partial charge in [0.15, 0.2) is 0 Å². The number of benzene rings is 1. The highest BCUT2D eigenvalue weighted by molar-refractivity contribution is 6.42. The first kappa shape index (κ1) is 14.8. The molecule has 0 aliphatic heterocycles. The minimum Gasteiger partial charge on any atom is -0.389 e. The fraction of sp³-hybridized carbons (Fsp3) is 0.538. The van der Waals surface area contributed by atoms with Crippen LogP contribution in [-0.2, 0) is 6.42 Å². The summed E-state index contributed by atoms with van der Waals surface area (Å²) >= 11 is 12.0. The van der Waals surface area contributed by atoms with Crippen molar-refractivity contribution in [3.8, 4) is 0 Å². The molecule has 1 atom stereocenters. The molecule has 0 bridgehead atoms. The van der Waals surface area contributed by atoms with Crippen LogP contribution in [0.5, 0.6) is 0 Å². The van der Waals surface area contributed by atoms with Crippen LogP contribution in [-0.4, -0.2) is 23.3 Å². The molecule has 2 nitrogen and oxygen atoms in total. The molecule has 1 unspecified atom stereocenters. The monoisotopic (exact) mass is 275 g/mol. The highest BCUT2D eigenvalue weighted by atomic mass is 35.5. The second-order valence-corrected chi connectivity index (χ2v) is 5.71. The maximum Gasteiger partial charge on any atom is 0.0784 e. The van der Waals surface area contributed by atoms with Gasteiger partial charge in [-0.1, -0.05) is 49.2 Å². The van der Waals surface area contributed by atoms with Crippen LogP contribution in [0.25, 0.3) is 0 Å². The van der Waals surface area contributed by atoms with Gasteiger partial charge < -0.3 is 10.4 Å². The van der Waals surface area contributed by atoms with Crippen molar-refractivity contribution < 1.29 is 5.11 Å². The zero-order valence-corrected chi connectivity index (χ0v) is 11.9. The Morgan fingerprint density at radius 2 is 2.00 bits per heavy atom. The first-order valence-corrected chi connectivity index (χ1v) is 6.46. The summed E-state index contributed by atoms with van der Waals surface area (Å²) in [6, 6.07) is 5.82. The molecule has 0 saturated heterocycles. The van der Waals surface area contributed by atoms with Crippen molar-refractivity contribution in [1.82, 2.24) is 5.32 Å². The Hall–Kier alpha value is -0.280. The molecule has 0 radical (unpaired) electrons. The molecule has 0 aliphatic rings. The fourth-order valence-corrected chi connectivity index (χ4v) is 1.97. The second kappa shape index (κ2) is 6.05. The maximum atomic E-state index is 10.3. The molecule has 17 heavy (non-hydrogen) atoms. The van der Waals surface area contributed by atoms with Crippen molar-refractivity contribution >= 4 is 23.2 Å². The van der Waals surface area contributed by atoms with Crippen LogP contribution in [0.15, 0.2) is 18.2 Å². The maximum absolute atomic E-state index is 10.3. The molecule has 4 heteroatoms. The highest BCUT2D eigenvalue weighted by Crippen LogP contribution is 2.28. The van der Waals surface area contributed by atoms with E-state index in [4.69, 9.17) is 23.2 Å².